The molecule has 6 nitrogen and oxygen atoms in total. The van der Waals surface area contributed by atoms with E-state index in [1.807, 2.05) is 30.3 Å². The summed E-state index contributed by atoms with van der Waals surface area (Å²) in [5, 5.41) is 9.02. The van der Waals surface area contributed by atoms with Crippen LogP contribution in [0.1, 0.15) is 5.56 Å². The van der Waals surface area contributed by atoms with Crippen LogP contribution in [-0.2, 0) is 4.79 Å². The standard InChI is InChI=1S/C20H21N3O3/c1-25-18-7-2-3-8-19(18)26-15-20(24)23-11-9-22(10-12-23)17-6-4-5-16(13-17)14-21/h2-8,13H,9-12,15H2,1H3. The number of carbonyl (C=O) groups excluding carboxylic acids is 1. The monoisotopic (exact) mass is 351 g/mol. The number of anilines is 1. The molecule has 0 atom stereocenters. The molecule has 1 aliphatic rings. The molecule has 134 valence electrons. The second kappa shape index (κ2) is 8.26. The van der Waals surface area contributed by atoms with Crippen molar-refractivity contribution in [2.45, 2.75) is 0 Å². The molecule has 2 aromatic carbocycles. The molecule has 0 aromatic heterocycles. The minimum Gasteiger partial charge on any atom is -0.493 e. The van der Waals surface area contributed by atoms with Gasteiger partial charge in [0.15, 0.2) is 18.1 Å². The fraction of sp³-hybridized carbons (Fsp3) is 0.300. The second-order valence-corrected chi connectivity index (χ2v) is 5.97. The van der Waals surface area contributed by atoms with E-state index in [9.17, 15) is 4.79 Å². The first kappa shape index (κ1) is 17.6. The Morgan fingerprint density at radius 1 is 1.08 bits per heavy atom. The van der Waals surface area contributed by atoms with Crippen LogP contribution >= 0.6 is 0 Å². The number of hydrogen-bond acceptors (Lipinski definition) is 5. The van der Waals surface area contributed by atoms with E-state index in [-0.39, 0.29) is 12.5 Å². The Morgan fingerprint density at radius 2 is 1.81 bits per heavy atom. The van der Waals surface area contributed by atoms with E-state index >= 15 is 0 Å². The van der Waals surface area contributed by atoms with Crippen molar-refractivity contribution >= 4 is 11.6 Å². The molecule has 2 aromatic rings. The van der Waals surface area contributed by atoms with Crippen molar-refractivity contribution in [2.24, 2.45) is 0 Å². The predicted octanol–water partition coefficient (Wildman–Crippen LogP) is 2.29. The number of ether oxygens (including phenoxy) is 2. The van der Waals surface area contributed by atoms with Gasteiger partial charge in [-0.1, -0.05) is 18.2 Å². The summed E-state index contributed by atoms with van der Waals surface area (Å²) in [5.74, 6) is 1.14. The number of para-hydroxylation sites is 2. The number of hydrogen-bond donors (Lipinski definition) is 0. The Balaban J connectivity index is 1.53. The van der Waals surface area contributed by atoms with Crippen LogP contribution in [-0.4, -0.2) is 50.7 Å². The molecule has 0 unspecified atom stereocenters. The van der Waals surface area contributed by atoms with Crippen molar-refractivity contribution in [1.29, 1.82) is 5.26 Å². The van der Waals surface area contributed by atoms with Gasteiger partial charge in [0.25, 0.3) is 5.91 Å². The summed E-state index contributed by atoms with van der Waals surface area (Å²) in [5.41, 5.74) is 1.66. The van der Waals surface area contributed by atoms with Crippen molar-refractivity contribution in [3.8, 4) is 17.6 Å². The van der Waals surface area contributed by atoms with E-state index in [4.69, 9.17) is 14.7 Å². The molecule has 0 spiro atoms. The van der Waals surface area contributed by atoms with Crippen LogP contribution in [0, 0.1) is 11.3 Å². The molecule has 6 heteroatoms. The SMILES string of the molecule is COc1ccccc1OCC(=O)N1CCN(c2cccc(C#N)c2)CC1. The maximum atomic E-state index is 12.4. The van der Waals surface area contributed by atoms with Gasteiger partial charge in [-0.25, -0.2) is 0 Å². The summed E-state index contributed by atoms with van der Waals surface area (Å²) in [7, 11) is 1.57. The van der Waals surface area contributed by atoms with Crippen molar-refractivity contribution in [2.75, 3.05) is 44.8 Å². The van der Waals surface area contributed by atoms with Gasteiger partial charge in [0.2, 0.25) is 0 Å². The maximum Gasteiger partial charge on any atom is 0.260 e. The molecule has 26 heavy (non-hydrogen) atoms. The van der Waals surface area contributed by atoms with Gasteiger partial charge in [-0.3, -0.25) is 4.79 Å². The van der Waals surface area contributed by atoms with Crippen molar-refractivity contribution in [3.63, 3.8) is 0 Å². The highest BCUT2D eigenvalue weighted by atomic mass is 16.5. The van der Waals surface area contributed by atoms with Crippen LogP contribution in [0.15, 0.2) is 48.5 Å². The van der Waals surface area contributed by atoms with Gasteiger partial charge in [-0.2, -0.15) is 5.26 Å². The van der Waals surface area contributed by atoms with E-state index in [0.717, 1.165) is 18.8 Å². The second-order valence-electron chi connectivity index (χ2n) is 5.97. The normalized spacial score (nSPS) is 13.8. The first-order valence-electron chi connectivity index (χ1n) is 8.50. The van der Waals surface area contributed by atoms with Gasteiger partial charge in [0.1, 0.15) is 0 Å². The minimum absolute atomic E-state index is 0.00963. The average molecular weight is 351 g/mol. The van der Waals surface area contributed by atoms with Crippen LogP contribution in [0.25, 0.3) is 0 Å². The first-order valence-corrected chi connectivity index (χ1v) is 8.50. The van der Waals surface area contributed by atoms with Crippen LogP contribution in [0.5, 0.6) is 11.5 Å². The largest absolute Gasteiger partial charge is 0.493 e. The van der Waals surface area contributed by atoms with Gasteiger partial charge in [-0.15, -0.1) is 0 Å². The lowest BCUT2D eigenvalue weighted by Gasteiger charge is -2.36. The molecule has 0 bridgehead atoms. The summed E-state index contributed by atoms with van der Waals surface area (Å²) in [4.78, 5) is 16.4. The van der Waals surface area contributed by atoms with Gasteiger partial charge in [0.05, 0.1) is 18.7 Å². The molecule has 1 aliphatic heterocycles. The number of piperazine rings is 1. The molecular weight excluding hydrogens is 330 g/mol. The molecule has 1 amide bonds. The van der Waals surface area contributed by atoms with Gasteiger partial charge >= 0.3 is 0 Å². The number of rotatable bonds is 5. The molecule has 0 aliphatic carbocycles. The fourth-order valence-electron chi connectivity index (χ4n) is 2.96. The number of nitrogens with zero attached hydrogens (tertiary/aromatic N) is 3. The van der Waals surface area contributed by atoms with Crippen LogP contribution in [0.4, 0.5) is 5.69 Å². The van der Waals surface area contributed by atoms with Crippen molar-refractivity contribution < 1.29 is 14.3 Å². The van der Waals surface area contributed by atoms with E-state index in [0.29, 0.717) is 30.2 Å². The smallest absolute Gasteiger partial charge is 0.260 e. The molecule has 1 fully saturated rings. The van der Waals surface area contributed by atoms with E-state index in [1.165, 1.54) is 0 Å². The summed E-state index contributed by atoms with van der Waals surface area (Å²) in [6.07, 6.45) is 0. The Labute approximate surface area is 153 Å². The Morgan fingerprint density at radius 3 is 2.50 bits per heavy atom. The van der Waals surface area contributed by atoms with E-state index < -0.39 is 0 Å². The molecular formula is C20H21N3O3. The Hall–Kier alpha value is -3.20. The zero-order valence-electron chi connectivity index (χ0n) is 14.7. The predicted molar refractivity (Wildman–Crippen MR) is 98.4 cm³/mol. The molecule has 0 N–H and O–H groups in total. The third kappa shape index (κ3) is 4.06. The number of carbonyl (C=O) groups is 1. The number of amides is 1. The first-order chi connectivity index (χ1) is 12.7. The highest BCUT2D eigenvalue weighted by molar-refractivity contribution is 5.78. The lowest BCUT2D eigenvalue weighted by atomic mass is 10.2. The average Bonchev–Trinajstić information content (AvgIpc) is 2.72. The zero-order chi connectivity index (χ0) is 18.4. The molecule has 0 saturated carbocycles. The number of nitriles is 1. The molecule has 1 saturated heterocycles. The lowest BCUT2D eigenvalue weighted by Crippen LogP contribution is -2.50. The van der Waals surface area contributed by atoms with Gasteiger partial charge < -0.3 is 19.3 Å². The Bertz CT molecular complexity index is 808. The summed E-state index contributed by atoms with van der Waals surface area (Å²) in [6.45, 7) is 2.71. The topological polar surface area (TPSA) is 65.8 Å². The lowest BCUT2D eigenvalue weighted by molar-refractivity contribution is -0.133. The minimum atomic E-state index is -0.0404. The quantitative estimate of drug-likeness (QED) is 0.827. The number of methoxy groups -OCH3 is 1. The molecule has 1 heterocycles. The van der Waals surface area contributed by atoms with Gasteiger partial charge in [-0.05, 0) is 30.3 Å². The molecule has 3 rings (SSSR count). The van der Waals surface area contributed by atoms with Crippen molar-refractivity contribution in [1.82, 2.24) is 4.90 Å². The summed E-state index contributed by atoms with van der Waals surface area (Å²) in [6, 6.07) is 17.0. The Kier molecular flexibility index (Phi) is 5.59. The summed E-state index contributed by atoms with van der Waals surface area (Å²) < 4.78 is 10.8. The van der Waals surface area contributed by atoms with E-state index in [1.54, 1.807) is 30.2 Å². The molecule has 0 radical (unpaired) electrons. The summed E-state index contributed by atoms with van der Waals surface area (Å²) >= 11 is 0. The maximum absolute atomic E-state index is 12.4. The highest BCUT2D eigenvalue weighted by Gasteiger charge is 2.22. The third-order valence-electron chi connectivity index (χ3n) is 4.39. The van der Waals surface area contributed by atoms with Crippen LogP contribution in [0.3, 0.4) is 0 Å². The van der Waals surface area contributed by atoms with Crippen LogP contribution < -0.4 is 14.4 Å². The van der Waals surface area contributed by atoms with Crippen LogP contribution in [0.2, 0.25) is 0 Å². The number of benzene rings is 2. The van der Waals surface area contributed by atoms with Crippen molar-refractivity contribution in [3.05, 3.63) is 54.1 Å². The fourth-order valence-corrected chi connectivity index (χ4v) is 2.96. The van der Waals surface area contributed by atoms with Gasteiger partial charge in [0, 0.05) is 31.9 Å². The third-order valence-corrected chi connectivity index (χ3v) is 4.39. The van der Waals surface area contributed by atoms with E-state index in [2.05, 4.69) is 11.0 Å². The highest BCUT2D eigenvalue weighted by Crippen LogP contribution is 2.25. The zero-order valence-corrected chi connectivity index (χ0v) is 14.7.